The lowest BCUT2D eigenvalue weighted by Crippen LogP contribution is -2.35. The number of alkyl halides is 1. The Morgan fingerprint density at radius 3 is 3.00 bits per heavy atom. The van der Waals surface area contributed by atoms with E-state index in [0.29, 0.717) is 6.00 Å². The van der Waals surface area contributed by atoms with E-state index in [1.54, 1.807) is 11.9 Å². The number of anilines is 2. The maximum Gasteiger partial charge on any atom is 0.264 e. The third-order valence-corrected chi connectivity index (χ3v) is 3.01. The summed E-state index contributed by atoms with van der Waals surface area (Å²) in [6, 6.07) is 6.08. The van der Waals surface area contributed by atoms with Crippen LogP contribution in [0.5, 0.6) is 5.75 Å². The maximum atomic E-state index is 11.5. The Labute approximate surface area is 99.3 Å². The van der Waals surface area contributed by atoms with Gasteiger partial charge >= 0.3 is 0 Å². The van der Waals surface area contributed by atoms with Crippen LogP contribution in [0.1, 0.15) is 0 Å². The fourth-order valence-electron chi connectivity index (χ4n) is 1.57. The molecule has 1 aliphatic rings. The zero-order chi connectivity index (χ0) is 11.7. The van der Waals surface area contributed by atoms with Gasteiger partial charge in [-0.15, -0.1) is 11.6 Å². The molecule has 1 heterocycles. The summed E-state index contributed by atoms with van der Waals surface area (Å²) in [6.07, 6.45) is 0. The van der Waals surface area contributed by atoms with E-state index in [0.717, 1.165) is 17.1 Å². The zero-order valence-electron chi connectivity index (χ0n) is 9.24. The van der Waals surface area contributed by atoms with E-state index in [-0.39, 0.29) is 12.5 Å². The van der Waals surface area contributed by atoms with E-state index in [9.17, 15) is 4.79 Å². The van der Waals surface area contributed by atoms with Crippen molar-refractivity contribution < 1.29 is 9.53 Å². The first-order valence-corrected chi connectivity index (χ1v) is 5.47. The Hall–Kier alpha value is -1.42. The molecule has 0 fully saturated rings. The fraction of sp³-hybridized carbons (Fsp3) is 0.364. The summed E-state index contributed by atoms with van der Waals surface area (Å²) < 4.78 is 5.33. The van der Waals surface area contributed by atoms with Gasteiger partial charge < -0.3 is 14.5 Å². The van der Waals surface area contributed by atoms with Crippen LogP contribution in [0, 0.1) is 0 Å². The Bertz CT molecular complexity index is 422. The number of rotatable bonds is 2. The van der Waals surface area contributed by atoms with Gasteiger partial charge in [0.1, 0.15) is 5.75 Å². The number of benzene rings is 1. The number of carbonyl (C=O) groups is 1. The minimum atomic E-state index is -0.0434. The van der Waals surface area contributed by atoms with Crippen LogP contribution in [0.25, 0.3) is 0 Å². The number of halogens is 1. The molecule has 16 heavy (non-hydrogen) atoms. The molecule has 5 heteroatoms. The number of hydrogen-bond acceptors (Lipinski definition) is 3. The second-order valence-corrected chi connectivity index (χ2v) is 3.95. The normalized spacial score (nSPS) is 14.4. The number of fused-ring (bicyclic) bond motifs is 1. The molecule has 0 saturated heterocycles. The van der Waals surface area contributed by atoms with Gasteiger partial charge in [0, 0.05) is 19.8 Å². The quantitative estimate of drug-likeness (QED) is 0.582. The van der Waals surface area contributed by atoms with Crippen molar-refractivity contribution in [3.8, 4) is 5.75 Å². The molecular formula is C11H13ClN2O2. The molecule has 0 unspecified atom stereocenters. The van der Waals surface area contributed by atoms with Crippen LogP contribution in [0.2, 0.25) is 0 Å². The van der Waals surface area contributed by atoms with E-state index < -0.39 is 0 Å². The Morgan fingerprint density at radius 1 is 1.56 bits per heavy atom. The average molecular weight is 241 g/mol. The largest absolute Gasteiger partial charge is 0.482 e. The van der Waals surface area contributed by atoms with Crippen LogP contribution in [0.4, 0.5) is 11.4 Å². The van der Waals surface area contributed by atoms with Gasteiger partial charge in [0.15, 0.2) is 6.61 Å². The van der Waals surface area contributed by atoms with E-state index in [1.165, 1.54) is 0 Å². The molecular weight excluding hydrogens is 228 g/mol. The predicted molar refractivity (Wildman–Crippen MR) is 64.5 cm³/mol. The highest BCUT2D eigenvalue weighted by atomic mass is 35.5. The fourth-order valence-corrected chi connectivity index (χ4v) is 1.71. The Balaban J connectivity index is 2.40. The molecule has 0 radical (unpaired) electrons. The van der Waals surface area contributed by atoms with Crippen LogP contribution >= 0.6 is 11.6 Å². The molecule has 0 aromatic heterocycles. The van der Waals surface area contributed by atoms with Gasteiger partial charge in [-0.25, -0.2) is 0 Å². The summed E-state index contributed by atoms with van der Waals surface area (Å²) in [5.41, 5.74) is 1.74. The molecule has 4 nitrogen and oxygen atoms in total. The maximum absolute atomic E-state index is 11.5. The molecule has 0 N–H and O–H groups in total. The molecule has 1 aliphatic heterocycles. The van der Waals surface area contributed by atoms with Crippen LogP contribution in [-0.2, 0) is 4.79 Å². The highest BCUT2D eigenvalue weighted by molar-refractivity contribution is 6.19. The second kappa shape index (κ2) is 4.22. The van der Waals surface area contributed by atoms with Gasteiger partial charge in [-0.3, -0.25) is 4.79 Å². The molecule has 0 spiro atoms. The molecule has 0 aliphatic carbocycles. The first-order chi connectivity index (χ1) is 7.63. The molecule has 2 rings (SSSR count). The molecule has 86 valence electrons. The topological polar surface area (TPSA) is 32.8 Å². The lowest BCUT2D eigenvalue weighted by molar-refractivity contribution is -0.120. The van der Waals surface area contributed by atoms with E-state index in [2.05, 4.69) is 0 Å². The highest BCUT2D eigenvalue weighted by Gasteiger charge is 2.22. The van der Waals surface area contributed by atoms with Crippen molar-refractivity contribution in [1.82, 2.24) is 0 Å². The van der Waals surface area contributed by atoms with Crippen molar-refractivity contribution in [2.24, 2.45) is 0 Å². The van der Waals surface area contributed by atoms with E-state index in [1.807, 2.05) is 30.1 Å². The Morgan fingerprint density at radius 2 is 2.31 bits per heavy atom. The number of ether oxygens (including phenoxy) is 1. The first-order valence-electron chi connectivity index (χ1n) is 4.94. The molecule has 1 aromatic rings. The number of likely N-dealkylation sites (N-methyl/N-ethyl adjacent to an activating group) is 1. The standard InChI is InChI=1S/C11H13ClN2O2/c1-13(7-12)8-3-4-10-9(5-8)14(2)11(15)6-16-10/h3-5H,6-7H2,1-2H3. The van der Waals surface area contributed by atoms with Gasteiger partial charge in [-0.2, -0.15) is 0 Å². The van der Waals surface area contributed by atoms with Crippen LogP contribution in [0.3, 0.4) is 0 Å². The van der Waals surface area contributed by atoms with Gasteiger partial charge in [0.25, 0.3) is 5.91 Å². The van der Waals surface area contributed by atoms with Gasteiger partial charge in [-0.05, 0) is 18.2 Å². The molecule has 0 bridgehead atoms. The van der Waals surface area contributed by atoms with E-state index in [4.69, 9.17) is 16.3 Å². The first kappa shape index (κ1) is 11.1. The summed E-state index contributed by atoms with van der Waals surface area (Å²) in [5.74, 6) is 0.687. The van der Waals surface area contributed by atoms with E-state index >= 15 is 0 Å². The van der Waals surface area contributed by atoms with Crippen molar-refractivity contribution in [2.45, 2.75) is 0 Å². The molecule has 0 saturated carbocycles. The predicted octanol–water partition coefficient (Wildman–Crippen LogP) is 1.67. The smallest absolute Gasteiger partial charge is 0.264 e. The summed E-state index contributed by atoms with van der Waals surface area (Å²) in [7, 11) is 3.63. The number of hydrogen-bond donors (Lipinski definition) is 0. The number of carbonyl (C=O) groups excluding carboxylic acids is 1. The lowest BCUT2D eigenvalue weighted by atomic mass is 10.2. The molecule has 0 atom stereocenters. The van der Waals surface area contributed by atoms with Crippen molar-refractivity contribution in [3.05, 3.63) is 18.2 Å². The van der Waals surface area contributed by atoms with Gasteiger partial charge in [0.2, 0.25) is 0 Å². The third-order valence-electron chi connectivity index (χ3n) is 2.65. The summed E-state index contributed by atoms with van der Waals surface area (Å²) in [6.45, 7) is 0.105. The summed E-state index contributed by atoms with van der Waals surface area (Å²) >= 11 is 5.75. The van der Waals surface area contributed by atoms with Crippen molar-refractivity contribution >= 4 is 28.9 Å². The van der Waals surface area contributed by atoms with Crippen LogP contribution < -0.4 is 14.5 Å². The third kappa shape index (κ3) is 1.80. The zero-order valence-corrected chi connectivity index (χ0v) is 9.99. The summed E-state index contributed by atoms with van der Waals surface area (Å²) in [4.78, 5) is 15.0. The monoisotopic (exact) mass is 240 g/mol. The minimum absolute atomic E-state index is 0.0434. The van der Waals surface area contributed by atoms with Gasteiger partial charge in [0.05, 0.1) is 11.7 Å². The van der Waals surface area contributed by atoms with Crippen molar-refractivity contribution in [2.75, 3.05) is 36.5 Å². The molecule has 1 amide bonds. The van der Waals surface area contributed by atoms with Crippen LogP contribution in [0.15, 0.2) is 18.2 Å². The van der Waals surface area contributed by atoms with Crippen LogP contribution in [-0.4, -0.2) is 32.6 Å². The van der Waals surface area contributed by atoms with Gasteiger partial charge in [-0.1, -0.05) is 0 Å². The van der Waals surface area contributed by atoms with Crippen molar-refractivity contribution in [3.63, 3.8) is 0 Å². The number of amides is 1. The number of nitrogens with zero attached hydrogens (tertiary/aromatic N) is 2. The Kier molecular flexibility index (Phi) is 2.92. The SMILES string of the molecule is CN(CCl)c1ccc2c(c1)N(C)C(=O)CO2. The average Bonchev–Trinajstić information content (AvgIpc) is 2.32. The summed E-state index contributed by atoms with van der Waals surface area (Å²) in [5, 5.41) is 0. The second-order valence-electron chi connectivity index (χ2n) is 3.71. The lowest BCUT2D eigenvalue weighted by Gasteiger charge is -2.27. The highest BCUT2D eigenvalue weighted by Crippen LogP contribution is 2.34. The molecule has 1 aromatic carbocycles. The van der Waals surface area contributed by atoms with Crippen molar-refractivity contribution in [1.29, 1.82) is 0 Å². The minimum Gasteiger partial charge on any atom is -0.482 e.